The highest BCUT2D eigenvalue weighted by Crippen LogP contribution is 2.42. The normalized spacial score (nSPS) is 18.7. The first kappa shape index (κ1) is 15.7. The molecule has 0 bridgehead atoms. The van der Waals surface area contributed by atoms with Crippen molar-refractivity contribution >= 4 is 5.69 Å². The number of rotatable bonds is 4. The van der Waals surface area contributed by atoms with Crippen molar-refractivity contribution in [1.82, 2.24) is 0 Å². The van der Waals surface area contributed by atoms with E-state index in [2.05, 4.69) is 31.3 Å². The molecular formula is C19H23NO3. The van der Waals surface area contributed by atoms with Gasteiger partial charge < -0.3 is 19.5 Å². The second-order valence-electron chi connectivity index (χ2n) is 6.04. The van der Waals surface area contributed by atoms with Gasteiger partial charge >= 0.3 is 0 Å². The molecule has 1 heterocycles. The Balaban J connectivity index is 1.94. The highest BCUT2D eigenvalue weighted by Gasteiger charge is 2.34. The van der Waals surface area contributed by atoms with Crippen LogP contribution in [0.4, 0.5) is 5.69 Å². The van der Waals surface area contributed by atoms with Crippen LogP contribution in [0.2, 0.25) is 0 Å². The molecular weight excluding hydrogens is 290 g/mol. The minimum Gasteiger partial charge on any atom is -0.493 e. The first-order valence-corrected chi connectivity index (χ1v) is 7.89. The fourth-order valence-corrected chi connectivity index (χ4v) is 2.94. The molecule has 0 radical (unpaired) electrons. The third-order valence-electron chi connectivity index (χ3n) is 4.07. The van der Waals surface area contributed by atoms with Crippen molar-refractivity contribution in [3.05, 3.63) is 53.6 Å². The zero-order valence-corrected chi connectivity index (χ0v) is 14.1. The monoisotopic (exact) mass is 313 g/mol. The molecule has 2 aromatic carbocycles. The second-order valence-corrected chi connectivity index (χ2v) is 6.04. The lowest BCUT2D eigenvalue weighted by molar-refractivity contribution is -0.0734. The summed E-state index contributed by atoms with van der Waals surface area (Å²) in [4.78, 5) is 0. The molecule has 0 saturated heterocycles. The van der Waals surface area contributed by atoms with Gasteiger partial charge in [0, 0.05) is 16.8 Å². The van der Waals surface area contributed by atoms with Crippen molar-refractivity contribution in [2.75, 3.05) is 19.0 Å². The van der Waals surface area contributed by atoms with Crippen LogP contribution in [0.15, 0.2) is 42.5 Å². The Morgan fingerprint density at radius 3 is 2.65 bits per heavy atom. The highest BCUT2D eigenvalue weighted by atomic mass is 16.5. The molecule has 122 valence electrons. The van der Waals surface area contributed by atoms with E-state index < -0.39 is 0 Å². The Labute approximate surface area is 137 Å². The van der Waals surface area contributed by atoms with Crippen LogP contribution in [0, 0.1) is 0 Å². The number of para-hydroxylation sites is 1. The number of benzene rings is 2. The predicted octanol–water partition coefficient (Wildman–Crippen LogP) is 4.47. The molecule has 1 aliphatic rings. The van der Waals surface area contributed by atoms with E-state index in [9.17, 15) is 0 Å². The van der Waals surface area contributed by atoms with E-state index in [0.29, 0.717) is 12.4 Å². The van der Waals surface area contributed by atoms with Crippen molar-refractivity contribution in [2.24, 2.45) is 0 Å². The third kappa shape index (κ3) is 2.99. The van der Waals surface area contributed by atoms with Gasteiger partial charge in [0.25, 0.3) is 0 Å². The van der Waals surface area contributed by atoms with E-state index in [-0.39, 0.29) is 11.8 Å². The van der Waals surface area contributed by atoms with Crippen LogP contribution in [-0.4, -0.2) is 13.7 Å². The minimum absolute atomic E-state index is 0.232. The van der Waals surface area contributed by atoms with Crippen LogP contribution in [0.1, 0.15) is 38.1 Å². The SMILES string of the molecule is CCOc1ccc([C@H]2Nc3ccccc3C(C)(C)O2)cc1OC. The van der Waals surface area contributed by atoms with Gasteiger partial charge in [-0.25, -0.2) is 0 Å². The largest absolute Gasteiger partial charge is 0.493 e. The summed E-state index contributed by atoms with van der Waals surface area (Å²) < 4.78 is 17.3. The Morgan fingerprint density at radius 2 is 1.91 bits per heavy atom. The van der Waals surface area contributed by atoms with Gasteiger partial charge in [0.05, 0.1) is 19.3 Å². The van der Waals surface area contributed by atoms with Gasteiger partial charge in [-0.05, 0) is 39.0 Å². The Bertz CT molecular complexity index is 697. The maximum absolute atomic E-state index is 6.28. The summed E-state index contributed by atoms with van der Waals surface area (Å²) in [5.74, 6) is 1.46. The van der Waals surface area contributed by atoms with Crippen molar-refractivity contribution in [3.8, 4) is 11.5 Å². The lowest BCUT2D eigenvalue weighted by Gasteiger charge is -2.39. The number of hydrogen-bond acceptors (Lipinski definition) is 4. The van der Waals surface area contributed by atoms with E-state index in [4.69, 9.17) is 14.2 Å². The fourth-order valence-electron chi connectivity index (χ4n) is 2.94. The second kappa shape index (κ2) is 6.13. The molecule has 1 aliphatic heterocycles. The molecule has 3 rings (SSSR count). The number of ether oxygens (including phenoxy) is 3. The van der Waals surface area contributed by atoms with Crippen molar-refractivity contribution in [3.63, 3.8) is 0 Å². The third-order valence-corrected chi connectivity index (χ3v) is 4.07. The average Bonchev–Trinajstić information content (AvgIpc) is 2.55. The van der Waals surface area contributed by atoms with Crippen LogP contribution in [0.3, 0.4) is 0 Å². The van der Waals surface area contributed by atoms with Gasteiger partial charge in [-0.1, -0.05) is 24.3 Å². The molecule has 0 aromatic heterocycles. The van der Waals surface area contributed by atoms with E-state index in [1.54, 1.807) is 7.11 Å². The smallest absolute Gasteiger partial charge is 0.161 e. The maximum Gasteiger partial charge on any atom is 0.161 e. The summed E-state index contributed by atoms with van der Waals surface area (Å²) in [7, 11) is 1.65. The summed E-state index contributed by atoms with van der Waals surface area (Å²) >= 11 is 0. The first-order chi connectivity index (χ1) is 11.0. The molecule has 0 fully saturated rings. The zero-order chi connectivity index (χ0) is 16.4. The number of fused-ring (bicyclic) bond motifs is 1. The van der Waals surface area contributed by atoms with Crippen molar-refractivity contribution < 1.29 is 14.2 Å². The molecule has 4 nitrogen and oxygen atoms in total. The molecule has 0 spiro atoms. The topological polar surface area (TPSA) is 39.7 Å². The molecule has 1 N–H and O–H groups in total. The summed E-state index contributed by atoms with van der Waals surface area (Å²) in [6.45, 7) is 6.74. The number of methoxy groups -OCH3 is 1. The lowest BCUT2D eigenvalue weighted by Crippen LogP contribution is -2.34. The molecule has 0 amide bonds. The van der Waals surface area contributed by atoms with Gasteiger partial charge in [0.15, 0.2) is 17.7 Å². The Morgan fingerprint density at radius 1 is 1.13 bits per heavy atom. The van der Waals surface area contributed by atoms with E-state index in [0.717, 1.165) is 22.6 Å². The van der Waals surface area contributed by atoms with Crippen LogP contribution >= 0.6 is 0 Å². The number of nitrogens with one attached hydrogen (secondary N) is 1. The number of hydrogen-bond donors (Lipinski definition) is 1. The van der Waals surface area contributed by atoms with Gasteiger partial charge in [-0.3, -0.25) is 0 Å². The zero-order valence-electron chi connectivity index (χ0n) is 14.1. The molecule has 4 heteroatoms. The molecule has 0 unspecified atom stereocenters. The Kier molecular flexibility index (Phi) is 4.18. The Hall–Kier alpha value is -2.20. The van der Waals surface area contributed by atoms with Crippen LogP contribution < -0.4 is 14.8 Å². The quantitative estimate of drug-likeness (QED) is 0.904. The molecule has 0 aliphatic carbocycles. The summed E-state index contributed by atoms with van der Waals surface area (Å²) in [5.41, 5.74) is 2.90. The summed E-state index contributed by atoms with van der Waals surface area (Å²) in [6.07, 6.45) is -0.232. The minimum atomic E-state index is -0.363. The average molecular weight is 313 g/mol. The van der Waals surface area contributed by atoms with E-state index in [1.807, 2.05) is 37.3 Å². The standard InChI is InChI=1S/C19H23NO3/c1-5-22-16-11-10-13(12-17(16)21-4)18-20-15-9-7-6-8-14(15)19(2,3)23-18/h6-12,18,20H,5H2,1-4H3/t18-/m0/s1. The maximum atomic E-state index is 6.28. The van der Waals surface area contributed by atoms with Crippen LogP contribution in [-0.2, 0) is 10.3 Å². The van der Waals surface area contributed by atoms with Gasteiger partial charge in [-0.15, -0.1) is 0 Å². The van der Waals surface area contributed by atoms with Gasteiger partial charge in [0.1, 0.15) is 0 Å². The molecule has 2 aromatic rings. The summed E-state index contributed by atoms with van der Waals surface area (Å²) in [5, 5.41) is 3.45. The van der Waals surface area contributed by atoms with Gasteiger partial charge in [0.2, 0.25) is 0 Å². The fraction of sp³-hybridized carbons (Fsp3) is 0.368. The number of anilines is 1. The lowest BCUT2D eigenvalue weighted by atomic mass is 9.93. The summed E-state index contributed by atoms with van der Waals surface area (Å²) in [6, 6.07) is 14.1. The molecule has 23 heavy (non-hydrogen) atoms. The first-order valence-electron chi connectivity index (χ1n) is 7.89. The van der Waals surface area contributed by atoms with E-state index in [1.165, 1.54) is 0 Å². The molecule has 1 atom stereocenters. The van der Waals surface area contributed by atoms with Crippen LogP contribution in [0.5, 0.6) is 11.5 Å². The predicted molar refractivity (Wildman–Crippen MR) is 91.1 cm³/mol. The van der Waals surface area contributed by atoms with Crippen molar-refractivity contribution in [2.45, 2.75) is 32.6 Å². The highest BCUT2D eigenvalue weighted by molar-refractivity contribution is 5.57. The van der Waals surface area contributed by atoms with Crippen LogP contribution in [0.25, 0.3) is 0 Å². The van der Waals surface area contributed by atoms with Crippen molar-refractivity contribution in [1.29, 1.82) is 0 Å². The molecule has 0 saturated carbocycles. The van der Waals surface area contributed by atoms with Gasteiger partial charge in [-0.2, -0.15) is 0 Å². The van der Waals surface area contributed by atoms with E-state index >= 15 is 0 Å².